The van der Waals surface area contributed by atoms with Crippen LogP contribution in [-0.4, -0.2) is 42.8 Å². The maximum absolute atomic E-state index is 12.8. The molecule has 3 aliphatic carbocycles. The van der Waals surface area contributed by atoms with E-state index in [1.165, 1.54) is 11.1 Å². The van der Waals surface area contributed by atoms with Crippen LogP contribution in [0.4, 0.5) is 4.79 Å². The number of fused-ring (bicyclic) bond motifs is 3. The summed E-state index contributed by atoms with van der Waals surface area (Å²) in [7, 11) is 0. The van der Waals surface area contributed by atoms with Crippen molar-refractivity contribution >= 4 is 18.0 Å². The first-order chi connectivity index (χ1) is 16.4. The highest BCUT2D eigenvalue weighted by molar-refractivity contribution is 5.87. The van der Waals surface area contributed by atoms with Crippen molar-refractivity contribution < 1.29 is 24.2 Å². The molecule has 0 aromatic heterocycles. The standard InChI is InChI=1S/C27H30N2O5/c30-23(28-17-27(24(31)32)11-5-6-12-27)26(13-14-26)16-29-25(33)34-15-22-20-9-3-1-7-18(20)19-8-2-4-10-21(19)22/h1-4,7-10,22H,5-6,11-17H2,(H,28,30)(H,29,33)(H,31,32). The predicted molar refractivity (Wildman–Crippen MR) is 126 cm³/mol. The molecular weight excluding hydrogens is 432 g/mol. The van der Waals surface area contributed by atoms with E-state index in [9.17, 15) is 19.5 Å². The molecule has 2 amide bonds. The minimum atomic E-state index is -0.855. The van der Waals surface area contributed by atoms with Crippen molar-refractivity contribution in [3.63, 3.8) is 0 Å². The highest BCUT2D eigenvalue weighted by atomic mass is 16.5. The molecule has 178 valence electrons. The Hall–Kier alpha value is -3.35. The molecule has 3 N–H and O–H groups in total. The molecule has 34 heavy (non-hydrogen) atoms. The minimum Gasteiger partial charge on any atom is -0.481 e. The van der Waals surface area contributed by atoms with E-state index in [0.717, 1.165) is 24.0 Å². The summed E-state index contributed by atoms with van der Waals surface area (Å²) in [6.45, 7) is 0.559. The first kappa shape index (κ1) is 22.4. The zero-order valence-corrected chi connectivity index (χ0v) is 19.1. The van der Waals surface area contributed by atoms with E-state index >= 15 is 0 Å². The highest BCUT2D eigenvalue weighted by Gasteiger charge is 2.51. The Bertz CT molecular complexity index is 1070. The summed E-state index contributed by atoms with van der Waals surface area (Å²) >= 11 is 0. The quantitative estimate of drug-likeness (QED) is 0.549. The average Bonchev–Trinajstić information content (AvgIpc) is 3.36. The lowest BCUT2D eigenvalue weighted by Crippen LogP contribution is -2.46. The van der Waals surface area contributed by atoms with Crippen LogP contribution < -0.4 is 10.6 Å². The third-order valence-corrected chi connectivity index (χ3v) is 7.85. The number of ether oxygens (including phenoxy) is 1. The Labute approximate surface area is 198 Å². The Morgan fingerprint density at radius 3 is 1.94 bits per heavy atom. The summed E-state index contributed by atoms with van der Waals surface area (Å²) in [5.74, 6) is -1.04. The number of amides is 2. The maximum Gasteiger partial charge on any atom is 0.407 e. The first-order valence-corrected chi connectivity index (χ1v) is 12.0. The summed E-state index contributed by atoms with van der Waals surface area (Å²) in [5, 5.41) is 15.2. The van der Waals surface area contributed by atoms with Gasteiger partial charge in [-0.3, -0.25) is 9.59 Å². The van der Waals surface area contributed by atoms with Gasteiger partial charge in [0, 0.05) is 19.0 Å². The van der Waals surface area contributed by atoms with Gasteiger partial charge in [-0.25, -0.2) is 4.79 Å². The van der Waals surface area contributed by atoms with Crippen molar-refractivity contribution in [2.45, 2.75) is 44.4 Å². The van der Waals surface area contributed by atoms with Gasteiger partial charge in [0.25, 0.3) is 0 Å². The lowest BCUT2D eigenvalue weighted by molar-refractivity contribution is -0.148. The van der Waals surface area contributed by atoms with Gasteiger partial charge in [0.05, 0.1) is 10.8 Å². The van der Waals surface area contributed by atoms with Gasteiger partial charge in [-0.05, 0) is 47.9 Å². The highest BCUT2D eigenvalue weighted by Crippen LogP contribution is 2.46. The van der Waals surface area contributed by atoms with Gasteiger partial charge in [-0.2, -0.15) is 0 Å². The molecule has 0 bridgehead atoms. The summed E-state index contributed by atoms with van der Waals surface area (Å²) < 4.78 is 5.57. The number of carbonyl (C=O) groups is 3. The van der Waals surface area contributed by atoms with E-state index in [1.807, 2.05) is 24.3 Å². The third kappa shape index (κ3) is 4.04. The van der Waals surface area contributed by atoms with Crippen molar-refractivity contribution in [2.24, 2.45) is 10.8 Å². The third-order valence-electron chi connectivity index (χ3n) is 7.85. The predicted octanol–water partition coefficient (Wildman–Crippen LogP) is 4.07. The van der Waals surface area contributed by atoms with Crippen LogP contribution in [-0.2, 0) is 14.3 Å². The van der Waals surface area contributed by atoms with Crippen LogP contribution in [0.15, 0.2) is 48.5 Å². The van der Waals surface area contributed by atoms with E-state index in [0.29, 0.717) is 25.7 Å². The Balaban J connectivity index is 1.14. The molecule has 2 aromatic rings. The van der Waals surface area contributed by atoms with Crippen LogP contribution in [0.5, 0.6) is 0 Å². The van der Waals surface area contributed by atoms with Gasteiger partial charge in [0.1, 0.15) is 6.61 Å². The molecule has 0 heterocycles. The molecule has 0 atom stereocenters. The normalized spacial score (nSPS) is 19.1. The molecule has 7 nitrogen and oxygen atoms in total. The number of aliphatic carboxylic acids is 1. The number of carbonyl (C=O) groups excluding carboxylic acids is 2. The zero-order chi connectivity index (χ0) is 23.8. The maximum atomic E-state index is 12.8. The Kier molecular flexibility index (Phi) is 5.80. The first-order valence-electron chi connectivity index (χ1n) is 12.0. The summed E-state index contributed by atoms with van der Waals surface area (Å²) in [6, 6.07) is 16.3. The topological polar surface area (TPSA) is 105 Å². The van der Waals surface area contributed by atoms with Crippen molar-refractivity contribution in [1.82, 2.24) is 10.6 Å². The second-order valence-corrected chi connectivity index (χ2v) is 9.93. The number of hydrogen-bond acceptors (Lipinski definition) is 4. The SMILES string of the molecule is O=C(NCC1(C(=O)NCC2(C(=O)O)CCCC2)CC1)OCC1c2ccccc2-c2ccccc21. The van der Waals surface area contributed by atoms with E-state index in [1.54, 1.807) is 0 Å². The minimum absolute atomic E-state index is 0.0186. The van der Waals surface area contributed by atoms with Crippen LogP contribution >= 0.6 is 0 Å². The number of rotatable bonds is 8. The van der Waals surface area contributed by atoms with Gasteiger partial charge in [0.15, 0.2) is 0 Å². The molecule has 0 spiro atoms. The zero-order valence-electron chi connectivity index (χ0n) is 19.1. The average molecular weight is 463 g/mol. The van der Waals surface area contributed by atoms with E-state index in [-0.39, 0.29) is 31.5 Å². The second kappa shape index (κ2) is 8.78. The van der Waals surface area contributed by atoms with E-state index in [2.05, 4.69) is 34.9 Å². The Morgan fingerprint density at radius 1 is 0.824 bits per heavy atom. The molecule has 0 radical (unpaired) electrons. The number of alkyl carbamates (subject to hydrolysis) is 1. The monoisotopic (exact) mass is 462 g/mol. The fourth-order valence-electron chi connectivity index (χ4n) is 5.48. The Morgan fingerprint density at radius 2 is 1.38 bits per heavy atom. The van der Waals surface area contributed by atoms with Crippen LogP contribution in [0.3, 0.4) is 0 Å². The molecule has 2 saturated carbocycles. The van der Waals surface area contributed by atoms with Gasteiger partial charge in [-0.15, -0.1) is 0 Å². The molecule has 0 saturated heterocycles. The van der Waals surface area contributed by atoms with Crippen LogP contribution in [0.1, 0.15) is 55.6 Å². The smallest absolute Gasteiger partial charge is 0.407 e. The molecule has 0 aliphatic heterocycles. The number of nitrogens with one attached hydrogen (secondary N) is 2. The lowest BCUT2D eigenvalue weighted by atomic mass is 9.86. The second-order valence-electron chi connectivity index (χ2n) is 9.93. The van der Waals surface area contributed by atoms with Gasteiger partial charge in [0.2, 0.25) is 5.91 Å². The molecular formula is C27H30N2O5. The van der Waals surface area contributed by atoms with Crippen molar-refractivity contribution in [1.29, 1.82) is 0 Å². The van der Waals surface area contributed by atoms with Crippen LogP contribution in [0.25, 0.3) is 11.1 Å². The largest absolute Gasteiger partial charge is 0.481 e. The van der Waals surface area contributed by atoms with E-state index < -0.39 is 22.9 Å². The van der Waals surface area contributed by atoms with Gasteiger partial charge in [-0.1, -0.05) is 61.4 Å². The van der Waals surface area contributed by atoms with Gasteiger partial charge < -0.3 is 20.5 Å². The van der Waals surface area contributed by atoms with Crippen molar-refractivity contribution in [2.75, 3.05) is 19.7 Å². The number of carboxylic acids is 1. The number of carboxylic acid groups (broad SMARTS) is 1. The summed E-state index contributed by atoms with van der Waals surface area (Å²) in [6.07, 6.45) is 3.72. The molecule has 7 heteroatoms. The van der Waals surface area contributed by atoms with Crippen LogP contribution in [0, 0.1) is 10.8 Å². The van der Waals surface area contributed by atoms with E-state index in [4.69, 9.17) is 4.74 Å². The van der Waals surface area contributed by atoms with Crippen molar-refractivity contribution in [3.05, 3.63) is 59.7 Å². The molecule has 2 aromatic carbocycles. The molecule has 0 unspecified atom stereocenters. The number of hydrogen-bond donors (Lipinski definition) is 3. The van der Waals surface area contributed by atoms with Crippen molar-refractivity contribution in [3.8, 4) is 11.1 Å². The lowest BCUT2D eigenvalue weighted by Gasteiger charge is -2.25. The fraction of sp³-hybridized carbons (Fsp3) is 0.444. The summed E-state index contributed by atoms with van der Waals surface area (Å²) in [5.41, 5.74) is 3.11. The van der Waals surface area contributed by atoms with Crippen LogP contribution in [0.2, 0.25) is 0 Å². The fourth-order valence-corrected chi connectivity index (χ4v) is 5.48. The number of benzene rings is 2. The molecule has 3 aliphatic rings. The van der Waals surface area contributed by atoms with Gasteiger partial charge >= 0.3 is 12.1 Å². The molecule has 2 fully saturated rings. The summed E-state index contributed by atoms with van der Waals surface area (Å²) in [4.78, 5) is 37.0. The molecule has 5 rings (SSSR count).